The summed E-state index contributed by atoms with van der Waals surface area (Å²) in [6, 6.07) is 10.1. The molecule has 92 valence electrons. The van der Waals surface area contributed by atoms with Crippen molar-refractivity contribution in [3.05, 3.63) is 68.2 Å². The van der Waals surface area contributed by atoms with Crippen LogP contribution >= 0.6 is 34.8 Å². The van der Waals surface area contributed by atoms with Crippen LogP contribution in [0, 0.1) is 6.92 Å². The van der Waals surface area contributed by atoms with Crippen LogP contribution in [0.3, 0.4) is 0 Å². The van der Waals surface area contributed by atoms with Crippen LogP contribution < -0.4 is 0 Å². The summed E-state index contributed by atoms with van der Waals surface area (Å²) in [5.41, 5.74) is 1.93. The highest BCUT2D eigenvalue weighted by Crippen LogP contribution is 2.26. The van der Waals surface area contributed by atoms with Crippen molar-refractivity contribution in [1.82, 2.24) is 0 Å². The molecule has 0 atom stereocenters. The standard InChI is InChI=1S/C14H9Cl3O/c1-8-2-4-10(12(16)6-8)14(18)9-3-5-11(15)13(17)7-9/h2-7H,1H3. The molecule has 0 radical (unpaired) electrons. The Kier molecular flexibility index (Phi) is 3.96. The van der Waals surface area contributed by atoms with Gasteiger partial charge in [-0.05, 0) is 42.8 Å². The van der Waals surface area contributed by atoms with Crippen LogP contribution in [0.1, 0.15) is 21.5 Å². The molecular weight excluding hydrogens is 291 g/mol. The van der Waals surface area contributed by atoms with Crippen molar-refractivity contribution in [2.75, 3.05) is 0 Å². The van der Waals surface area contributed by atoms with E-state index in [-0.39, 0.29) is 5.78 Å². The quantitative estimate of drug-likeness (QED) is 0.698. The van der Waals surface area contributed by atoms with E-state index in [0.717, 1.165) is 5.56 Å². The van der Waals surface area contributed by atoms with Crippen molar-refractivity contribution in [3.8, 4) is 0 Å². The number of hydrogen-bond donors (Lipinski definition) is 0. The van der Waals surface area contributed by atoms with Crippen LogP contribution in [-0.4, -0.2) is 5.78 Å². The second kappa shape index (κ2) is 5.31. The summed E-state index contributed by atoms with van der Waals surface area (Å²) in [5.74, 6) is -0.168. The minimum atomic E-state index is -0.168. The summed E-state index contributed by atoms with van der Waals surface area (Å²) in [4.78, 5) is 12.3. The van der Waals surface area contributed by atoms with E-state index in [2.05, 4.69) is 0 Å². The summed E-state index contributed by atoms with van der Waals surface area (Å²) < 4.78 is 0. The van der Waals surface area contributed by atoms with Gasteiger partial charge in [-0.15, -0.1) is 0 Å². The van der Waals surface area contributed by atoms with E-state index in [1.54, 1.807) is 30.3 Å². The van der Waals surface area contributed by atoms with Crippen LogP contribution in [0.15, 0.2) is 36.4 Å². The number of carbonyl (C=O) groups excluding carboxylic acids is 1. The molecule has 0 saturated carbocycles. The average Bonchev–Trinajstić information content (AvgIpc) is 2.32. The molecule has 2 aromatic carbocycles. The summed E-state index contributed by atoms with van der Waals surface area (Å²) in [5, 5.41) is 1.21. The third kappa shape index (κ3) is 2.69. The van der Waals surface area contributed by atoms with E-state index in [0.29, 0.717) is 26.2 Å². The number of carbonyl (C=O) groups is 1. The lowest BCUT2D eigenvalue weighted by Crippen LogP contribution is -2.02. The Morgan fingerprint density at radius 1 is 0.889 bits per heavy atom. The first kappa shape index (κ1) is 13.4. The fourth-order valence-corrected chi connectivity index (χ4v) is 2.22. The summed E-state index contributed by atoms with van der Waals surface area (Å²) in [6.45, 7) is 1.92. The molecule has 2 aromatic rings. The van der Waals surface area contributed by atoms with Gasteiger partial charge in [0.2, 0.25) is 0 Å². The Bertz CT molecular complexity index is 620. The molecule has 0 heterocycles. The van der Waals surface area contributed by atoms with E-state index in [1.165, 1.54) is 0 Å². The van der Waals surface area contributed by atoms with E-state index in [9.17, 15) is 4.79 Å². The molecule has 0 unspecified atom stereocenters. The highest BCUT2D eigenvalue weighted by Gasteiger charge is 2.14. The topological polar surface area (TPSA) is 17.1 Å². The molecule has 0 fully saturated rings. The van der Waals surface area contributed by atoms with Gasteiger partial charge in [-0.3, -0.25) is 4.79 Å². The fraction of sp³-hybridized carbons (Fsp3) is 0.0714. The van der Waals surface area contributed by atoms with Gasteiger partial charge in [0, 0.05) is 11.1 Å². The molecular formula is C14H9Cl3O. The smallest absolute Gasteiger partial charge is 0.194 e. The van der Waals surface area contributed by atoms with Crippen LogP contribution in [0.5, 0.6) is 0 Å². The highest BCUT2D eigenvalue weighted by molar-refractivity contribution is 6.42. The zero-order valence-electron chi connectivity index (χ0n) is 9.51. The predicted molar refractivity (Wildman–Crippen MR) is 76.1 cm³/mol. The summed E-state index contributed by atoms with van der Waals surface area (Å²) in [7, 11) is 0. The largest absolute Gasteiger partial charge is 0.289 e. The highest BCUT2D eigenvalue weighted by atomic mass is 35.5. The van der Waals surface area contributed by atoms with Gasteiger partial charge < -0.3 is 0 Å². The number of halogens is 3. The minimum Gasteiger partial charge on any atom is -0.289 e. The zero-order chi connectivity index (χ0) is 13.3. The first-order valence-electron chi connectivity index (χ1n) is 5.25. The van der Waals surface area contributed by atoms with Gasteiger partial charge >= 0.3 is 0 Å². The maximum atomic E-state index is 12.3. The van der Waals surface area contributed by atoms with Crippen molar-refractivity contribution in [1.29, 1.82) is 0 Å². The third-order valence-electron chi connectivity index (χ3n) is 2.55. The monoisotopic (exact) mass is 298 g/mol. The van der Waals surface area contributed by atoms with E-state index < -0.39 is 0 Å². The number of ketones is 1. The Morgan fingerprint density at radius 3 is 2.22 bits per heavy atom. The number of rotatable bonds is 2. The van der Waals surface area contributed by atoms with Gasteiger partial charge in [-0.2, -0.15) is 0 Å². The molecule has 0 aliphatic rings. The van der Waals surface area contributed by atoms with Crippen molar-refractivity contribution >= 4 is 40.6 Å². The van der Waals surface area contributed by atoms with Gasteiger partial charge in [-0.1, -0.05) is 40.9 Å². The first-order chi connectivity index (χ1) is 8.49. The maximum Gasteiger partial charge on any atom is 0.194 e. The van der Waals surface area contributed by atoms with Crippen molar-refractivity contribution in [2.24, 2.45) is 0 Å². The second-order valence-electron chi connectivity index (χ2n) is 3.94. The normalized spacial score (nSPS) is 10.4. The number of benzene rings is 2. The van der Waals surface area contributed by atoms with E-state index in [4.69, 9.17) is 34.8 Å². The van der Waals surface area contributed by atoms with Crippen LogP contribution in [-0.2, 0) is 0 Å². The van der Waals surface area contributed by atoms with Gasteiger partial charge in [0.1, 0.15) is 0 Å². The molecule has 0 amide bonds. The Labute approximate surface area is 120 Å². The molecule has 18 heavy (non-hydrogen) atoms. The molecule has 2 rings (SSSR count). The molecule has 0 aliphatic heterocycles. The number of hydrogen-bond acceptors (Lipinski definition) is 1. The average molecular weight is 300 g/mol. The fourth-order valence-electron chi connectivity index (χ4n) is 1.60. The third-order valence-corrected chi connectivity index (χ3v) is 3.60. The lowest BCUT2D eigenvalue weighted by Gasteiger charge is -2.05. The Morgan fingerprint density at radius 2 is 1.61 bits per heavy atom. The van der Waals surface area contributed by atoms with Gasteiger partial charge in [-0.25, -0.2) is 0 Å². The summed E-state index contributed by atoms with van der Waals surface area (Å²) >= 11 is 17.8. The van der Waals surface area contributed by atoms with E-state index >= 15 is 0 Å². The summed E-state index contributed by atoms with van der Waals surface area (Å²) in [6.07, 6.45) is 0. The maximum absolute atomic E-state index is 12.3. The predicted octanol–water partition coefficient (Wildman–Crippen LogP) is 5.19. The molecule has 0 aliphatic carbocycles. The molecule has 0 spiro atoms. The van der Waals surface area contributed by atoms with Gasteiger partial charge in [0.25, 0.3) is 0 Å². The molecule has 0 saturated heterocycles. The SMILES string of the molecule is Cc1ccc(C(=O)c2ccc(Cl)c(Cl)c2)c(Cl)c1. The Hall–Kier alpha value is -1.02. The molecule has 0 N–H and O–H groups in total. The molecule has 1 nitrogen and oxygen atoms in total. The number of aryl methyl sites for hydroxylation is 1. The van der Waals surface area contributed by atoms with Crippen molar-refractivity contribution in [2.45, 2.75) is 6.92 Å². The molecule has 0 bridgehead atoms. The van der Waals surface area contributed by atoms with Crippen LogP contribution in [0.2, 0.25) is 15.1 Å². The second-order valence-corrected chi connectivity index (χ2v) is 5.16. The zero-order valence-corrected chi connectivity index (χ0v) is 11.8. The van der Waals surface area contributed by atoms with Crippen molar-refractivity contribution < 1.29 is 4.79 Å². The van der Waals surface area contributed by atoms with Crippen LogP contribution in [0.4, 0.5) is 0 Å². The van der Waals surface area contributed by atoms with E-state index in [1.807, 2.05) is 13.0 Å². The van der Waals surface area contributed by atoms with Crippen molar-refractivity contribution in [3.63, 3.8) is 0 Å². The molecule has 4 heteroatoms. The first-order valence-corrected chi connectivity index (χ1v) is 6.38. The molecule has 0 aromatic heterocycles. The minimum absolute atomic E-state index is 0.168. The Balaban J connectivity index is 2.44. The van der Waals surface area contributed by atoms with Gasteiger partial charge in [0.15, 0.2) is 5.78 Å². The van der Waals surface area contributed by atoms with Gasteiger partial charge in [0.05, 0.1) is 15.1 Å². The lowest BCUT2D eigenvalue weighted by molar-refractivity contribution is 0.103. The van der Waals surface area contributed by atoms with Crippen LogP contribution in [0.25, 0.3) is 0 Å². The lowest BCUT2D eigenvalue weighted by atomic mass is 10.0.